The molecule has 6 heterocycles. The molecule has 3 saturated heterocycles. The molecule has 4 amide bonds. The molecule has 15 nitrogen and oxygen atoms in total. The SMILES string of the molecule is COC(=O)NCC(=O)N1CCC[C@H]1c1nc2c(ccc3cc4c(cc32)OCc2cc(-c3cnc([C@@H]5CCCN5C(=O)C(NC=O)C5CCOCC5)[nH]3)ccc2-4)[nH]1. The summed E-state index contributed by atoms with van der Waals surface area (Å²) < 4.78 is 16.5. The molecule has 4 aliphatic heterocycles. The van der Waals surface area contributed by atoms with Crippen molar-refractivity contribution in [3.05, 3.63) is 65.9 Å². The van der Waals surface area contributed by atoms with Crippen LogP contribution in [-0.2, 0) is 30.5 Å². The third kappa shape index (κ3) is 6.48. The topological polar surface area (TPSA) is 184 Å². The molecule has 4 aliphatic rings. The molecule has 0 spiro atoms. The number of fused-ring (bicyclic) bond motifs is 6. The maximum absolute atomic E-state index is 13.8. The normalized spacial score (nSPS) is 20.0. The molecule has 0 bridgehead atoms. The summed E-state index contributed by atoms with van der Waals surface area (Å²) in [6.07, 6.45) is 6.57. The molecule has 0 radical (unpaired) electrons. The number of carbonyl (C=O) groups is 4. The highest BCUT2D eigenvalue weighted by Crippen LogP contribution is 2.43. The summed E-state index contributed by atoms with van der Waals surface area (Å²) in [5, 5.41) is 7.27. The highest BCUT2D eigenvalue weighted by Gasteiger charge is 2.39. The van der Waals surface area contributed by atoms with Crippen LogP contribution in [0.5, 0.6) is 5.75 Å². The van der Waals surface area contributed by atoms with Gasteiger partial charge < -0.3 is 44.6 Å². The summed E-state index contributed by atoms with van der Waals surface area (Å²) in [5.41, 5.74) is 6.67. The number of nitrogens with one attached hydrogen (secondary N) is 4. The Morgan fingerprint density at radius 3 is 2.57 bits per heavy atom. The molecule has 56 heavy (non-hydrogen) atoms. The van der Waals surface area contributed by atoms with Crippen LogP contribution >= 0.6 is 0 Å². The standard InChI is InChI=1S/C41H44N8O7/c1-54-41(53)43-20-35(51)48-12-2-5-33(48)39-45-30-9-7-24-17-29-27-8-6-25(16-26(27)21-56-34(29)18-28(24)37(30)47-39)31-19-42-38(46-31)32-4-3-13-49(32)40(52)36(44-22-50)23-10-14-55-15-11-23/h6-9,16-19,22-23,32-33,36H,2-5,10-15,20-21H2,1H3,(H,42,46)(H,43,53)(H,44,50)(H,45,47)/t32-,33-,36?/m0/s1. The van der Waals surface area contributed by atoms with E-state index >= 15 is 0 Å². The van der Waals surface area contributed by atoms with Crippen molar-refractivity contribution >= 4 is 46.1 Å². The summed E-state index contributed by atoms with van der Waals surface area (Å²) in [5.74, 6) is 2.04. The van der Waals surface area contributed by atoms with Gasteiger partial charge in [0, 0.05) is 37.3 Å². The van der Waals surface area contributed by atoms with Crippen LogP contribution in [0.2, 0.25) is 0 Å². The van der Waals surface area contributed by atoms with E-state index in [1.807, 2.05) is 17.2 Å². The molecular weight excluding hydrogens is 716 g/mol. The molecule has 9 rings (SSSR count). The zero-order chi connectivity index (χ0) is 38.3. The van der Waals surface area contributed by atoms with Crippen LogP contribution in [0, 0.1) is 5.92 Å². The monoisotopic (exact) mass is 760 g/mol. The number of aromatic amines is 2. The fourth-order valence-corrected chi connectivity index (χ4v) is 8.98. The second-order valence-electron chi connectivity index (χ2n) is 15.0. The van der Waals surface area contributed by atoms with Crippen molar-refractivity contribution in [3.63, 3.8) is 0 Å². The number of hydrogen-bond donors (Lipinski definition) is 4. The first kappa shape index (κ1) is 35.7. The van der Waals surface area contributed by atoms with Gasteiger partial charge in [0.15, 0.2) is 0 Å². The number of H-pyrrole nitrogens is 2. The Kier molecular flexibility index (Phi) is 9.53. The molecule has 3 aromatic carbocycles. The van der Waals surface area contributed by atoms with Gasteiger partial charge in [-0.3, -0.25) is 14.4 Å². The molecule has 1 unspecified atom stereocenters. The second kappa shape index (κ2) is 14.9. The first-order valence-electron chi connectivity index (χ1n) is 19.4. The largest absolute Gasteiger partial charge is 0.488 e. The molecule has 15 heteroatoms. The Morgan fingerprint density at radius 1 is 0.964 bits per heavy atom. The van der Waals surface area contributed by atoms with Crippen molar-refractivity contribution in [3.8, 4) is 28.1 Å². The Labute approximate surface area is 322 Å². The maximum Gasteiger partial charge on any atom is 0.407 e. The Balaban J connectivity index is 0.945. The Bertz CT molecular complexity index is 2330. The fraction of sp³-hybridized carbons (Fsp3) is 0.415. The molecule has 0 aliphatic carbocycles. The lowest BCUT2D eigenvalue weighted by Gasteiger charge is -2.33. The lowest BCUT2D eigenvalue weighted by molar-refractivity contribution is -0.138. The molecule has 3 atom stereocenters. The van der Waals surface area contributed by atoms with Crippen LogP contribution in [0.1, 0.15) is 67.8 Å². The number of carbonyl (C=O) groups excluding carboxylic acids is 4. The van der Waals surface area contributed by atoms with Crippen molar-refractivity contribution in [2.45, 2.75) is 63.3 Å². The van der Waals surface area contributed by atoms with Crippen LogP contribution in [0.3, 0.4) is 0 Å². The van der Waals surface area contributed by atoms with Crippen LogP contribution in [-0.4, -0.2) is 100 Å². The zero-order valence-electron chi connectivity index (χ0n) is 31.1. The van der Waals surface area contributed by atoms with Crippen molar-refractivity contribution in [1.82, 2.24) is 40.4 Å². The summed E-state index contributed by atoms with van der Waals surface area (Å²) in [4.78, 5) is 70.2. The summed E-state index contributed by atoms with van der Waals surface area (Å²) in [7, 11) is 1.27. The van der Waals surface area contributed by atoms with E-state index in [9.17, 15) is 19.2 Å². The molecule has 0 saturated carbocycles. The second-order valence-corrected chi connectivity index (χ2v) is 15.0. The van der Waals surface area contributed by atoms with Crippen LogP contribution < -0.4 is 15.4 Å². The van der Waals surface area contributed by atoms with E-state index in [4.69, 9.17) is 19.4 Å². The minimum atomic E-state index is -0.641. The first-order chi connectivity index (χ1) is 27.4. The third-order valence-corrected chi connectivity index (χ3v) is 11.8. The number of methoxy groups -OCH3 is 1. The minimum Gasteiger partial charge on any atom is -0.488 e. The number of ether oxygens (including phenoxy) is 3. The number of alkyl carbamates (subject to hydrolysis) is 1. The molecular formula is C41H44N8O7. The van der Waals surface area contributed by atoms with Gasteiger partial charge in [-0.05, 0) is 90.8 Å². The lowest BCUT2D eigenvalue weighted by Crippen LogP contribution is -2.51. The van der Waals surface area contributed by atoms with Crippen LogP contribution in [0.15, 0.2) is 48.7 Å². The molecule has 5 aromatic rings. The number of rotatable bonds is 9. The lowest BCUT2D eigenvalue weighted by atomic mass is 9.90. The van der Waals surface area contributed by atoms with Gasteiger partial charge in [-0.2, -0.15) is 0 Å². The quantitative estimate of drug-likeness (QED) is 0.152. The maximum atomic E-state index is 13.8. The van der Waals surface area contributed by atoms with Crippen LogP contribution in [0.4, 0.5) is 4.79 Å². The summed E-state index contributed by atoms with van der Waals surface area (Å²) in [6, 6.07) is 13.7. The number of benzene rings is 3. The molecule has 290 valence electrons. The van der Waals surface area contributed by atoms with Gasteiger partial charge in [0.25, 0.3) is 0 Å². The Hall–Kier alpha value is -5.96. The Morgan fingerprint density at radius 2 is 1.77 bits per heavy atom. The van der Waals surface area contributed by atoms with E-state index in [1.54, 1.807) is 4.90 Å². The van der Waals surface area contributed by atoms with Gasteiger partial charge in [-0.15, -0.1) is 0 Å². The van der Waals surface area contributed by atoms with E-state index in [2.05, 4.69) is 61.7 Å². The van der Waals surface area contributed by atoms with Crippen molar-refractivity contribution in [1.29, 1.82) is 0 Å². The number of nitrogens with zero attached hydrogens (tertiary/aromatic N) is 4. The highest BCUT2D eigenvalue weighted by molar-refractivity contribution is 6.07. The summed E-state index contributed by atoms with van der Waals surface area (Å²) in [6.45, 7) is 2.65. The average molecular weight is 761 g/mol. The first-order valence-corrected chi connectivity index (χ1v) is 19.4. The van der Waals surface area contributed by atoms with Gasteiger partial charge >= 0.3 is 6.09 Å². The minimum absolute atomic E-state index is 0.0475. The predicted octanol–water partition coefficient (Wildman–Crippen LogP) is 4.89. The van der Waals surface area contributed by atoms with Gasteiger partial charge in [0.2, 0.25) is 18.2 Å². The van der Waals surface area contributed by atoms with E-state index in [0.29, 0.717) is 39.3 Å². The molecule has 2 aromatic heterocycles. The van der Waals surface area contributed by atoms with Crippen molar-refractivity contribution in [2.24, 2.45) is 5.92 Å². The fourth-order valence-electron chi connectivity index (χ4n) is 8.98. The highest BCUT2D eigenvalue weighted by atomic mass is 16.5. The van der Waals surface area contributed by atoms with Gasteiger partial charge in [0.1, 0.15) is 36.6 Å². The number of aromatic nitrogens is 4. The van der Waals surface area contributed by atoms with E-state index in [-0.39, 0.29) is 36.4 Å². The van der Waals surface area contributed by atoms with Crippen molar-refractivity contribution < 1.29 is 33.4 Å². The van der Waals surface area contributed by atoms with Crippen molar-refractivity contribution in [2.75, 3.05) is 40.0 Å². The van der Waals surface area contributed by atoms with Gasteiger partial charge in [0.05, 0.1) is 42.1 Å². The predicted molar refractivity (Wildman–Crippen MR) is 205 cm³/mol. The van der Waals surface area contributed by atoms with Gasteiger partial charge in [-0.1, -0.05) is 18.2 Å². The number of hydrogen-bond acceptors (Lipinski definition) is 9. The summed E-state index contributed by atoms with van der Waals surface area (Å²) >= 11 is 0. The van der Waals surface area contributed by atoms with Gasteiger partial charge in [-0.25, -0.2) is 14.8 Å². The van der Waals surface area contributed by atoms with Crippen LogP contribution in [0.25, 0.3) is 44.2 Å². The molecule has 4 N–H and O–H groups in total. The number of likely N-dealkylation sites (tertiary alicyclic amines) is 2. The van der Waals surface area contributed by atoms with E-state index in [1.165, 1.54) is 7.11 Å². The third-order valence-electron chi connectivity index (χ3n) is 11.8. The molecule has 3 fully saturated rings. The number of imidazole rings is 2. The number of amides is 4. The smallest absolute Gasteiger partial charge is 0.407 e. The van der Waals surface area contributed by atoms with E-state index in [0.717, 1.165) is 106 Å². The van der Waals surface area contributed by atoms with E-state index < -0.39 is 12.1 Å². The average Bonchev–Trinajstić information content (AvgIpc) is 4.07. The zero-order valence-corrected chi connectivity index (χ0v) is 31.1.